The van der Waals surface area contributed by atoms with E-state index in [1.807, 2.05) is 26.8 Å². The molecule has 0 bridgehead atoms. The van der Waals surface area contributed by atoms with Crippen molar-refractivity contribution >= 4 is 19.7 Å². The molecule has 0 fully saturated rings. The first-order valence-electron chi connectivity index (χ1n) is 5.64. The molecule has 0 saturated carbocycles. The minimum atomic E-state index is -3.94. The van der Waals surface area contributed by atoms with E-state index in [2.05, 4.69) is 15.2 Å². The largest absolute Gasteiger partial charge is 0.296 e. The molecule has 0 aliphatic carbocycles. The van der Waals surface area contributed by atoms with Crippen LogP contribution in [0.4, 0.5) is 0 Å². The van der Waals surface area contributed by atoms with E-state index in [0.29, 0.717) is 11.5 Å². The Labute approximate surface area is 115 Å². The second-order valence-electron chi connectivity index (χ2n) is 4.38. The maximum absolute atomic E-state index is 11.5. The van der Waals surface area contributed by atoms with E-state index < -0.39 is 9.05 Å². The maximum Gasteiger partial charge on any atom is 0.296 e. The quantitative estimate of drug-likeness (QED) is 0.812. The van der Waals surface area contributed by atoms with E-state index in [9.17, 15) is 8.42 Å². The second kappa shape index (κ2) is 4.90. The van der Waals surface area contributed by atoms with E-state index in [0.717, 1.165) is 5.56 Å². The van der Waals surface area contributed by atoms with Gasteiger partial charge in [-0.3, -0.25) is 9.55 Å². The lowest BCUT2D eigenvalue weighted by Crippen LogP contribution is -2.10. The third-order valence-electron chi connectivity index (χ3n) is 2.62. The van der Waals surface area contributed by atoms with Crippen molar-refractivity contribution in [1.29, 1.82) is 0 Å². The van der Waals surface area contributed by atoms with Gasteiger partial charge in [-0.15, -0.1) is 10.2 Å². The van der Waals surface area contributed by atoms with Gasteiger partial charge in [0.2, 0.25) is 0 Å². The van der Waals surface area contributed by atoms with Gasteiger partial charge in [0.05, 0.1) is 0 Å². The summed E-state index contributed by atoms with van der Waals surface area (Å²) >= 11 is 0. The fraction of sp³-hybridized carbons (Fsp3) is 0.364. The van der Waals surface area contributed by atoms with Crippen LogP contribution >= 0.6 is 10.7 Å². The molecule has 0 atom stereocenters. The summed E-state index contributed by atoms with van der Waals surface area (Å²) in [5.41, 5.74) is 1.48. The van der Waals surface area contributed by atoms with Gasteiger partial charge in [0.1, 0.15) is 5.69 Å². The Morgan fingerprint density at radius 1 is 1.32 bits per heavy atom. The Hall–Kier alpha value is -1.47. The topological polar surface area (TPSA) is 77.7 Å². The zero-order chi connectivity index (χ0) is 14.2. The van der Waals surface area contributed by atoms with Crippen LogP contribution in [0.3, 0.4) is 0 Å². The number of nitrogens with zero attached hydrogens (tertiary/aromatic N) is 4. The van der Waals surface area contributed by atoms with E-state index >= 15 is 0 Å². The van der Waals surface area contributed by atoms with Crippen molar-refractivity contribution in [3.63, 3.8) is 0 Å². The van der Waals surface area contributed by atoms with Gasteiger partial charge in [0, 0.05) is 22.9 Å². The van der Waals surface area contributed by atoms with Crippen LogP contribution in [0.2, 0.25) is 0 Å². The summed E-state index contributed by atoms with van der Waals surface area (Å²) in [6.45, 7) is 5.53. The predicted molar refractivity (Wildman–Crippen MR) is 71.4 cm³/mol. The number of aromatic nitrogens is 4. The number of aryl methyl sites for hydroxylation is 1. The molecule has 19 heavy (non-hydrogen) atoms. The molecule has 2 rings (SSSR count). The molecule has 0 saturated heterocycles. The molecule has 2 aromatic rings. The molecule has 2 aromatic heterocycles. The summed E-state index contributed by atoms with van der Waals surface area (Å²) in [4.78, 5) is 4.23. The van der Waals surface area contributed by atoms with Crippen molar-refractivity contribution in [3.05, 3.63) is 23.9 Å². The zero-order valence-electron chi connectivity index (χ0n) is 10.7. The van der Waals surface area contributed by atoms with Crippen molar-refractivity contribution in [2.24, 2.45) is 0 Å². The van der Waals surface area contributed by atoms with Gasteiger partial charge in [-0.05, 0) is 32.4 Å². The fourth-order valence-corrected chi connectivity index (χ4v) is 2.78. The van der Waals surface area contributed by atoms with Crippen LogP contribution in [0.25, 0.3) is 11.5 Å². The first-order valence-corrected chi connectivity index (χ1v) is 7.95. The Kier molecular flexibility index (Phi) is 3.60. The Morgan fingerprint density at radius 3 is 2.53 bits per heavy atom. The molecule has 0 aromatic carbocycles. The van der Waals surface area contributed by atoms with Crippen LogP contribution in [0, 0.1) is 6.92 Å². The van der Waals surface area contributed by atoms with Gasteiger partial charge in [-0.25, -0.2) is 8.42 Å². The molecule has 6 nitrogen and oxygen atoms in total. The number of hydrogen-bond donors (Lipinski definition) is 0. The van der Waals surface area contributed by atoms with Crippen LogP contribution in [-0.2, 0) is 9.05 Å². The van der Waals surface area contributed by atoms with Gasteiger partial charge in [0.25, 0.3) is 14.2 Å². The Morgan fingerprint density at radius 2 is 2.00 bits per heavy atom. The Bertz CT molecular complexity index is 709. The molecular weight excluding hydrogens is 288 g/mol. The highest BCUT2D eigenvalue weighted by atomic mass is 35.7. The minimum Gasteiger partial charge on any atom is -0.293 e. The first-order chi connectivity index (χ1) is 8.82. The van der Waals surface area contributed by atoms with E-state index in [1.54, 1.807) is 12.3 Å². The van der Waals surface area contributed by atoms with Gasteiger partial charge in [0.15, 0.2) is 5.82 Å². The second-order valence-corrected chi connectivity index (χ2v) is 6.84. The SMILES string of the molecule is Cc1cccnc1-c1nnc(S(=O)(=O)Cl)n1C(C)C. The maximum atomic E-state index is 11.5. The first kappa shape index (κ1) is 14.0. The standard InChI is InChI=1S/C11H13ClN4O2S/c1-7(2)16-10(9-8(3)5-4-6-13-9)14-15-11(16)19(12,17)18/h4-7H,1-3H3. The van der Waals surface area contributed by atoms with Crippen molar-refractivity contribution in [1.82, 2.24) is 19.7 Å². The van der Waals surface area contributed by atoms with Crippen LogP contribution in [-0.4, -0.2) is 28.2 Å². The molecule has 0 aliphatic heterocycles. The number of pyridine rings is 1. The van der Waals surface area contributed by atoms with Crippen LogP contribution < -0.4 is 0 Å². The predicted octanol–water partition coefficient (Wildman–Crippen LogP) is 2.16. The summed E-state index contributed by atoms with van der Waals surface area (Å²) in [5.74, 6) is 0.396. The smallest absolute Gasteiger partial charge is 0.293 e. The van der Waals surface area contributed by atoms with E-state index in [4.69, 9.17) is 10.7 Å². The lowest BCUT2D eigenvalue weighted by molar-refractivity contribution is 0.530. The molecule has 0 unspecified atom stereocenters. The minimum absolute atomic E-state index is 0.157. The summed E-state index contributed by atoms with van der Waals surface area (Å²) in [7, 11) is 1.43. The molecular formula is C11H13ClN4O2S. The number of rotatable bonds is 3. The molecule has 0 radical (unpaired) electrons. The van der Waals surface area contributed by atoms with E-state index in [-0.39, 0.29) is 11.2 Å². The monoisotopic (exact) mass is 300 g/mol. The lowest BCUT2D eigenvalue weighted by atomic mass is 10.2. The van der Waals surface area contributed by atoms with Crippen molar-refractivity contribution < 1.29 is 8.42 Å². The third-order valence-corrected chi connectivity index (χ3v) is 3.75. The van der Waals surface area contributed by atoms with Crippen LogP contribution in [0.1, 0.15) is 25.5 Å². The molecule has 8 heteroatoms. The van der Waals surface area contributed by atoms with E-state index in [1.165, 1.54) is 4.57 Å². The lowest BCUT2D eigenvalue weighted by Gasteiger charge is -2.12. The third kappa shape index (κ3) is 2.62. The fourth-order valence-electron chi connectivity index (χ4n) is 1.79. The van der Waals surface area contributed by atoms with Crippen molar-refractivity contribution in [2.45, 2.75) is 32.0 Å². The molecule has 0 spiro atoms. The van der Waals surface area contributed by atoms with Crippen LogP contribution in [0.15, 0.2) is 23.5 Å². The van der Waals surface area contributed by atoms with Crippen LogP contribution in [0.5, 0.6) is 0 Å². The number of halogens is 1. The molecule has 2 heterocycles. The molecule has 0 amide bonds. The van der Waals surface area contributed by atoms with Gasteiger partial charge >= 0.3 is 0 Å². The molecule has 0 N–H and O–H groups in total. The summed E-state index contributed by atoms with van der Waals surface area (Å²) in [6.07, 6.45) is 1.62. The molecule has 0 aliphatic rings. The van der Waals surface area contributed by atoms with Gasteiger partial charge in [-0.2, -0.15) is 0 Å². The number of hydrogen-bond acceptors (Lipinski definition) is 5. The highest BCUT2D eigenvalue weighted by Gasteiger charge is 2.26. The molecule has 102 valence electrons. The summed E-state index contributed by atoms with van der Waals surface area (Å²) < 4.78 is 24.5. The average Bonchev–Trinajstić information content (AvgIpc) is 2.73. The summed E-state index contributed by atoms with van der Waals surface area (Å²) in [5, 5.41) is 7.34. The van der Waals surface area contributed by atoms with Crippen molar-refractivity contribution in [3.8, 4) is 11.5 Å². The zero-order valence-corrected chi connectivity index (χ0v) is 12.3. The highest BCUT2D eigenvalue weighted by molar-refractivity contribution is 8.13. The van der Waals surface area contributed by atoms with Gasteiger partial charge < -0.3 is 0 Å². The van der Waals surface area contributed by atoms with Gasteiger partial charge in [-0.1, -0.05) is 6.07 Å². The Balaban J connectivity index is 2.74. The highest BCUT2D eigenvalue weighted by Crippen LogP contribution is 2.26. The van der Waals surface area contributed by atoms with Crippen molar-refractivity contribution in [2.75, 3.05) is 0 Å². The normalized spacial score (nSPS) is 12.1. The summed E-state index contributed by atoms with van der Waals surface area (Å²) in [6, 6.07) is 3.51. The average molecular weight is 301 g/mol.